The van der Waals surface area contributed by atoms with Crippen LogP contribution in [-0.4, -0.2) is 47.8 Å². The molecule has 0 N–H and O–H groups in total. The van der Waals surface area contributed by atoms with Crippen molar-refractivity contribution in [3.63, 3.8) is 0 Å². The Morgan fingerprint density at radius 3 is 2.32 bits per heavy atom. The molecule has 0 radical (unpaired) electrons. The maximum atomic E-state index is 12.7. The van der Waals surface area contributed by atoms with Gasteiger partial charge in [0.05, 0.1) is 0 Å². The first-order valence-electron chi connectivity index (χ1n) is 7.69. The second-order valence-electron chi connectivity index (χ2n) is 5.71. The average molecular weight is 296 g/mol. The van der Waals surface area contributed by atoms with Crippen LogP contribution in [0.1, 0.15) is 23.7 Å². The van der Waals surface area contributed by atoms with E-state index in [1.165, 1.54) is 0 Å². The fourth-order valence-electron chi connectivity index (χ4n) is 2.94. The quantitative estimate of drug-likeness (QED) is 0.811. The number of rotatable bonds is 1. The number of amides is 2. The SMILES string of the molecule is CC(=O)N1CCCN(C(=O)c2ccc3ccccc3c2)CC1. The summed E-state index contributed by atoms with van der Waals surface area (Å²) in [6, 6.07) is 13.9. The largest absolute Gasteiger partial charge is 0.341 e. The third-order valence-corrected chi connectivity index (χ3v) is 4.22. The Morgan fingerprint density at radius 2 is 1.55 bits per heavy atom. The smallest absolute Gasteiger partial charge is 0.253 e. The minimum Gasteiger partial charge on any atom is -0.341 e. The minimum absolute atomic E-state index is 0.0520. The van der Waals surface area contributed by atoms with Crippen LogP contribution in [0.25, 0.3) is 10.8 Å². The number of hydrogen-bond acceptors (Lipinski definition) is 2. The molecule has 2 amide bonds. The van der Waals surface area contributed by atoms with E-state index in [0.717, 1.165) is 29.3 Å². The van der Waals surface area contributed by atoms with E-state index >= 15 is 0 Å². The Kier molecular flexibility index (Phi) is 4.09. The lowest BCUT2D eigenvalue weighted by molar-refractivity contribution is -0.128. The Hall–Kier alpha value is -2.36. The van der Waals surface area contributed by atoms with E-state index in [2.05, 4.69) is 0 Å². The van der Waals surface area contributed by atoms with Crippen LogP contribution in [0.3, 0.4) is 0 Å². The Morgan fingerprint density at radius 1 is 0.864 bits per heavy atom. The molecule has 22 heavy (non-hydrogen) atoms. The van der Waals surface area contributed by atoms with Crippen molar-refractivity contribution in [1.82, 2.24) is 9.80 Å². The van der Waals surface area contributed by atoms with E-state index in [4.69, 9.17) is 0 Å². The van der Waals surface area contributed by atoms with Crippen LogP contribution in [0.4, 0.5) is 0 Å². The summed E-state index contributed by atoms with van der Waals surface area (Å²) in [6.45, 7) is 4.24. The first-order chi connectivity index (χ1) is 10.6. The van der Waals surface area contributed by atoms with Gasteiger partial charge in [-0.3, -0.25) is 9.59 Å². The third kappa shape index (κ3) is 2.96. The fraction of sp³-hybridized carbons (Fsp3) is 0.333. The molecule has 0 bridgehead atoms. The van der Waals surface area contributed by atoms with E-state index in [9.17, 15) is 9.59 Å². The highest BCUT2D eigenvalue weighted by Gasteiger charge is 2.21. The van der Waals surface area contributed by atoms with Gasteiger partial charge < -0.3 is 9.80 Å². The summed E-state index contributed by atoms with van der Waals surface area (Å²) in [6.07, 6.45) is 0.832. The summed E-state index contributed by atoms with van der Waals surface area (Å²) >= 11 is 0. The molecule has 2 aromatic carbocycles. The molecule has 0 atom stereocenters. The van der Waals surface area contributed by atoms with Gasteiger partial charge in [0, 0.05) is 38.7 Å². The van der Waals surface area contributed by atoms with E-state index in [1.807, 2.05) is 52.3 Å². The normalized spacial score (nSPS) is 15.7. The molecule has 4 nitrogen and oxygen atoms in total. The standard InChI is InChI=1S/C18H20N2O2/c1-14(21)19-9-4-10-20(12-11-19)18(22)17-8-7-15-5-2-3-6-16(15)13-17/h2-3,5-8,13H,4,9-12H2,1H3. The molecule has 1 aliphatic heterocycles. The monoisotopic (exact) mass is 296 g/mol. The van der Waals surface area contributed by atoms with E-state index in [1.54, 1.807) is 6.92 Å². The Balaban J connectivity index is 1.78. The lowest BCUT2D eigenvalue weighted by atomic mass is 10.1. The van der Waals surface area contributed by atoms with Crippen molar-refractivity contribution >= 4 is 22.6 Å². The van der Waals surface area contributed by atoms with Gasteiger partial charge in [0.1, 0.15) is 0 Å². The Labute approximate surface area is 130 Å². The lowest BCUT2D eigenvalue weighted by Crippen LogP contribution is -2.36. The highest BCUT2D eigenvalue weighted by Crippen LogP contribution is 2.17. The number of benzene rings is 2. The molecule has 1 fully saturated rings. The van der Waals surface area contributed by atoms with Crippen molar-refractivity contribution in [3.8, 4) is 0 Å². The minimum atomic E-state index is 0.0520. The van der Waals surface area contributed by atoms with E-state index < -0.39 is 0 Å². The van der Waals surface area contributed by atoms with Gasteiger partial charge in [-0.15, -0.1) is 0 Å². The lowest BCUT2D eigenvalue weighted by Gasteiger charge is -2.21. The molecule has 0 aliphatic carbocycles. The van der Waals surface area contributed by atoms with Gasteiger partial charge in [0.2, 0.25) is 5.91 Å². The van der Waals surface area contributed by atoms with E-state index in [-0.39, 0.29) is 11.8 Å². The molecule has 2 aromatic rings. The van der Waals surface area contributed by atoms with Crippen LogP contribution in [-0.2, 0) is 4.79 Å². The van der Waals surface area contributed by atoms with Crippen LogP contribution in [0.2, 0.25) is 0 Å². The van der Waals surface area contributed by atoms with Crippen LogP contribution in [0.5, 0.6) is 0 Å². The van der Waals surface area contributed by atoms with Gasteiger partial charge >= 0.3 is 0 Å². The molecular weight excluding hydrogens is 276 g/mol. The predicted octanol–water partition coefficient (Wildman–Crippen LogP) is 2.53. The molecule has 3 rings (SSSR count). The van der Waals surface area contributed by atoms with Crippen molar-refractivity contribution in [2.24, 2.45) is 0 Å². The molecule has 114 valence electrons. The van der Waals surface area contributed by atoms with Crippen LogP contribution < -0.4 is 0 Å². The van der Waals surface area contributed by atoms with Crippen molar-refractivity contribution in [2.45, 2.75) is 13.3 Å². The zero-order valence-electron chi connectivity index (χ0n) is 12.8. The van der Waals surface area contributed by atoms with Crippen LogP contribution in [0.15, 0.2) is 42.5 Å². The maximum absolute atomic E-state index is 12.7. The van der Waals surface area contributed by atoms with Crippen molar-refractivity contribution in [2.75, 3.05) is 26.2 Å². The number of nitrogens with zero attached hydrogens (tertiary/aromatic N) is 2. The summed E-state index contributed by atoms with van der Waals surface area (Å²) in [5.74, 6) is 0.135. The average Bonchev–Trinajstić information content (AvgIpc) is 2.80. The molecule has 0 unspecified atom stereocenters. The Bertz CT molecular complexity index is 711. The first kappa shape index (κ1) is 14.6. The highest BCUT2D eigenvalue weighted by atomic mass is 16.2. The molecular formula is C18H20N2O2. The summed E-state index contributed by atoms with van der Waals surface area (Å²) in [5.41, 5.74) is 0.718. The molecule has 0 spiro atoms. The van der Waals surface area contributed by atoms with Gasteiger partial charge in [-0.25, -0.2) is 0 Å². The van der Waals surface area contributed by atoms with Crippen molar-refractivity contribution in [3.05, 3.63) is 48.0 Å². The molecule has 1 aliphatic rings. The predicted molar refractivity (Wildman–Crippen MR) is 86.7 cm³/mol. The molecule has 4 heteroatoms. The number of carbonyl (C=O) groups is 2. The zero-order valence-corrected chi connectivity index (χ0v) is 12.8. The third-order valence-electron chi connectivity index (χ3n) is 4.22. The molecule has 1 saturated heterocycles. The van der Waals surface area contributed by atoms with Gasteiger partial charge in [0.25, 0.3) is 5.91 Å². The second kappa shape index (κ2) is 6.18. The van der Waals surface area contributed by atoms with E-state index in [0.29, 0.717) is 19.6 Å². The summed E-state index contributed by atoms with van der Waals surface area (Å²) in [4.78, 5) is 27.8. The van der Waals surface area contributed by atoms with Crippen LogP contribution in [0, 0.1) is 0 Å². The molecule has 0 aromatic heterocycles. The van der Waals surface area contributed by atoms with Gasteiger partial charge in [-0.2, -0.15) is 0 Å². The van der Waals surface area contributed by atoms with Gasteiger partial charge in [-0.05, 0) is 29.3 Å². The zero-order chi connectivity index (χ0) is 15.5. The summed E-state index contributed by atoms with van der Waals surface area (Å²) < 4.78 is 0. The van der Waals surface area contributed by atoms with Gasteiger partial charge in [-0.1, -0.05) is 30.3 Å². The number of fused-ring (bicyclic) bond motifs is 1. The van der Waals surface area contributed by atoms with Gasteiger partial charge in [0.15, 0.2) is 0 Å². The first-order valence-corrected chi connectivity index (χ1v) is 7.69. The molecule has 1 heterocycles. The second-order valence-corrected chi connectivity index (χ2v) is 5.71. The van der Waals surface area contributed by atoms with Crippen LogP contribution >= 0.6 is 0 Å². The number of carbonyl (C=O) groups excluding carboxylic acids is 2. The number of hydrogen-bond donors (Lipinski definition) is 0. The summed E-state index contributed by atoms with van der Waals surface area (Å²) in [5, 5.41) is 2.21. The topological polar surface area (TPSA) is 40.6 Å². The summed E-state index contributed by atoms with van der Waals surface area (Å²) in [7, 11) is 0. The maximum Gasteiger partial charge on any atom is 0.253 e. The molecule has 0 saturated carbocycles. The van der Waals surface area contributed by atoms with Crippen molar-refractivity contribution in [1.29, 1.82) is 0 Å². The fourth-order valence-corrected chi connectivity index (χ4v) is 2.94. The van der Waals surface area contributed by atoms with Crippen molar-refractivity contribution < 1.29 is 9.59 Å². The highest BCUT2D eigenvalue weighted by molar-refractivity contribution is 5.98.